The van der Waals surface area contributed by atoms with Crippen LogP contribution in [0.3, 0.4) is 0 Å². The van der Waals surface area contributed by atoms with E-state index < -0.39 is 12.3 Å². The Bertz CT molecular complexity index is 1240. The first-order valence-electron chi connectivity index (χ1n) is 11.3. The summed E-state index contributed by atoms with van der Waals surface area (Å²) >= 11 is 0. The van der Waals surface area contributed by atoms with E-state index in [4.69, 9.17) is 4.74 Å². The molecular weight excluding hydrogens is 463 g/mol. The van der Waals surface area contributed by atoms with Crippen LogP contribution in [0.15, 0.2) is 36.4 Å². The first kappa shape index (κ1) is 24.7. The number of aromatic carboxylic acids is 1. The van der Waals surface area contributed by atoms with Crippen molar-refractivity contribution in [1.29, 1.82) is 0 Å². The fourth-order valence-electron chi connectivity index (χ4n) is 5.28. The molecule has 0 saturated heterocycles. The molecule has 0 radical (unpaired) electrons. The number of imidazole rings is 1. The van der Waals surface area contributed by atoms with E-state index in [-0.39, 0.29) is 28.5 Å². The minimum Gasteiger partial charge on any atom is -0.496 e. The van der Waals surface area contributed by atoms with Gasteiger partial charge in [0.05, 0.1) is 18.1 Å². The van der Waals surface area contributed by atoms with E-state index in [1.54, 1.807) is 6.07 Å². The molecule has 1 aliphatic rings. The predicted molar refractivity (Wildman–Crippen MR) is 125 cm³/mol. The highest BCUT2D eigenvalue weighted by Crippen LogP contribution is 2.46. The topological polar surface area (TPSA) is 85.6 Å². The highest BCUT2D eigenvalue weighted by molar-refractivity contribution is 5.96. The van der Waals surface area contributed by atoms with Crippen LogP contribution >= 0.6 is 0 Å². The van der Waals surface area contributed by atoms with E-state index in [1.807, 2.05) is 0 Å². The molecule has 0 aliphatic heterocycles. The zero-order valence-corrected chi connectivity index (χ0v) is 19.9. The molecule has 10 heteroatoms. The summed E-state index contributed by atoms with van der Waals surface area (Å²) in [5.74, 6) is -0.276. The number of benzene rings is 2. The zero-order valence-electron chi connectivity index (χ0n) is 19.9. The predicted octanol–water partition coefficient (Wildman–Crippen LogP) is 6.77. The fraction of sp³-hybridized carbons (Fsp3) is 0.440. The lowest BCUT2D eigenvalue weighted by atomic mass is 9.70. The molecule has 1 aromatic heterocycles. The van der Waals surface area contributed by atoms with Crippen LogP contribution in [0, 0.1) is 11.3 Å². The quantitative estimate of drug-likeness (QED) is 0.396. The standard InChI is InChI=1S/C25H28F3N3O4/c1-14-9-16(13-24(2,3)12-14)31-20-11-21(34-4)18(22(32)33)10-19(20)30-23(31)29-15-5-7-17(8-6-15)35-25(26,27)28/h5-8,10-11,14,16H,9,12-13H2,1-4H3,(H,29,30)(H,32,33)/t14-,16?/m1/s1. The third kappa shape index (κ3) is 5.47. The minimum absolute atomic E-state index is 0.00203. The number of aromatic nitrogens is 2. The van der Waals surface area contributed by atoms with Gasteiger partial charge in [-0.1, -0.05) is 20.8 Å². The maximum atomic E-state index is 12.5. The van der Waals surface area contributed by atoms with E-state index in [2.05, 4.69) is 40.4 Å². The van der Waals surface area contributed by atoms with Gasteiger partial charge in [0.2, 0.25) is 5.95 Å². The van der Waals surface area contributed by atoms with Crippen LogP contribution in [0.5, 0.6) is 11.5 Å². The third-order valence-electron chi connectivity index (χ3n) is 6.31. The molecule has 1 saturated carbocycles. The number of anilines is 2. The molecule has 1 fully saturated rings. The van der Waals surface area contributed by atoms with Crippen LogP contribution < -0.4 is 14.8 Å². The van der Waals surface area contributed by atoms with Crippen molar-refractivity contribution >= 4 is 28.6 Å². The molecule has 2 aromatic carbocycles. The summed E-state index contributed by atoms with van der Waals surface area (Å²) in [5.41, 5.74) is 1.82. The number of carboxylic acid groups (broad SMARTS) is 1. The van der Waals surface area contributed by atoms with Crippen molar-refractivity contribution < 1.29 is 32.5 Å². The molecule has 188 valence electrons. The van der Waals surface area contributed by atoms with Crippen molar-refractivity contribution in [3.8, 4) is 11.5 Å². The van der Waals surface area contributed by atoms with Gasteiger partial charge >= 0.3 is 12.3 Å². The number of carboxylic acids is 1. The second kappa shape index (κ2) is 8.98. The summed E-state index contributed by atoms with van der Waals surface area (Å²) in [6.07, 6.45) is -1.88. The van der Waals surface area contributed by atoms with Gasteiger partial charge in [-0.15, -0.1) is 13.2 Å². The minimum atomic E-state index is -4.77. The SMILES string of the molecule is COc1cc2c(cc1C(=O)O)nc(Nc1ccc(OC(F)(F)F)cc1)n2C1C[C@@H](C)CC(C)(C)C1. The largest absolute Gasteiger partial charge is 0.573 e. The Hall–Kier alpha value is -3.43. The maximum absolute atomic E-state index is 12.5. The van der Waals surface area contributed by atoms with Gasteiger partial charge in [-0.3, -0.25) is 0 Å². The Morgan fingerprint density at radius 2 is 1.89 bits per heavy atom. The molecule has 1 aliphatic carbocycles. The molecule has 3 aromatic rings. The molecule has 35 heavy (non-hydrogen) atoms. The van der Waals surface area contributed by atoms with Crippen LogP contribution in [0.4, 0.5) is 24.8 Å². The van der Waals surface area contributed by atoms with Crippen molar-refractivity contribution in [2.75, 3.05) is 12.4 Å². The van der Waals surface area contributed by atoms with E-state index >= 15 is 0 Å². The monoisotopic (exact) mass is 491 g/mol. The molecule has 4 rings (SSSR count). The summed E-state index contributed by atoms with van der Waals surface area (Å²) < 4.78 is 48.9. The van der Waals surface area contributed by atoms with Gasteiger partial charge in [0.1, 0.15) is 17.1 Å². The van der Waals surface area contributed by atoms with Gasteiger partial charge in [0.15, 0.2) is 0 Å². The Kier molecular flexibility index (Phi) is 6.33. The van der Waals surface area contributed by atoms with Gasteiger partial charge < -0.3 is 24.5 Å². The summed E-state index contributed by atoms with van der Waals surface area (Å²) in [5, 5.41) is 12.8. The molecule has 0 spiro atoms. The summed E-state index contributed by atoms with van der Waals surface area (Å²) in [7, 11) is 1.42. The normalized spacial score (nSPS) is 20.0. The molecule has 0 amide bonds. The summed E-state index contributed by atoms with van der Waals surface area (Å²) in [4.78, 5) is 16.4. The van der Waals surface area contributed by atoms with Crippen molar-refractivity contribution in [1.82, 2.24) is 9.55 Å². The highest BCUT2D eigenvalue weighted by atomic mass is 19.4. The fourth-order valence-corrected chi connectivity index (χ4v) is 5.28. The number of rotatable bonds is 6. The lowest BCUT2D eigenvalue weighted by molar-refractivity contribution is -0.274. The van der Waals surface area contributed by atoms with Gasteiger partial charge in [-0.25, -0.2) is 9.78 Å². The second-order valence-corrected chi connectivity index (χ2v) is 9.92. The molecular formula is C25H28F3N3O4. The van der Waals surface area contributed by atoms with Gasteiger partial charge in [0.25, 0.3) is 0 Å². The van der Waals surface area contributed by atoms with E-state index in [1.165, 1.54) is 37.4 Å². The number of nitrogens with one attached hydrogen (secondary N) is 1. The van der Waals surface area contributed by atoms with Crippen LogP contribution in [0.2, 0.25) is 0 Å². The Morgan fingerprint density at radius 3 is 2.46 bits per heavy atom. The first-order valence-corrected chi connectivity index (χ1v) is 11.3. The number of ether oxygens (including phenoxy) is 2. The van der Waals surface area contributed by atoms with E-state index in [0.29, 0.717) is 23.1 Å². The third-order valence-corrected chi connectivity index (χ3v) is 6.31. The first-order chi connectivity index (χ1) is 16.3. The average molecular weight is 492 g/mol. The van der Waals surface area contributed by atoms with Crippen molar-refractivity contribution in [3.63, 3.8) is 0 Å². The van der Waals surface area contributed by atoms with Crippen molar-refractivity contribution in [2.24, 2.45) is 11.3 Å². The molecule has 1 heterocycles. The zero-order chi connectivity index (χ0) is 25.5. The maximum Gasteiger partial charge on any atom is 0.573 e. The number of nitrogens with zero attached hydrogens (tertiary/aromatic N) is 2. The lowest BCUT2D eigenvalue weighted by Gasteiger charge is -2.40. The average Bonchev–Trinajstić information content (AvgIpc) is 3.08. The van der Waals surface area contributed by atoms with Crippen molar-refractivity contribution in [3.05, 3.63) is 42.0 Å². The molecule has 7 nitrogen and oxygen atoms in total. The summed E-state index contributed by atoms with van der Waals surface area (Å²) in [6.45, 7) is 6.66. The number of alkyl halides is 3. The Morgan fingerprint density at radius 1 is 1.20 bits per heavy atom. The molecule has 1 unspecified atom stereocenters. The van der Waals surface area contributed by atoms with Gasteiger partial charge in [0, 0.05) is 17.8 Å². The summed E-state index contributed by atoms with van der Waals surface area (Å²) in [6, 6.07) is 8.64. The lowest BCUT2D eigenvalue weighted by Crippen LogP contribution is -2.29. The van der Waals surface area contributed by atoms with Crippen LogP contribution in [-0.4, -0.2) is 34.1 Å². The van der Waals surface area contributed by atoms with Crippen LogP contribution in [0.1, 0.15) is 56.4 Å². The number of fused-ring (bicyclic) bond motifs is 1. The number of hydrogen-bond acceptors (Lipinski definition) is 5. The smallest absolute Gasteiger partial charge is 0.496 e. The Balaban J connectivity index is 1.79. The Labute approximate surface area is 200 Å². The second-order valence-electron chi connectivity index (χ2n) is 9.92. The van der Waals surface area contributed by atoms with Crippen LogP contribution in [-0.2, 0) is 0 Å². The number of methoxy groups -OCH3 is 1. The highest BCUT2D eigenvalue weighted by Gasteiger charge is 2.35. The van der Waals surface area contributed by atoms with Crippen LogP contribution in [0.25, 0.3) is 11.0 Å². The number of halogens is 3. The van der Waals surface area contributed by atoms with E-state index in [9.17, 15) is 23.1 Å². The van der Waals surface area contributed by atoms with E-state index in [0.717, 1.165) is 24.8 Å². The van der Waals surface area contributed by atoms with Crippen molar-refractivity contribution in [2.45, 2.75) is 52.4 Å². The molecule has 2 N–H and O–H groups in total. The molecule has 2 atom stereocenters. The molecule has 0 bridgehead atoms. The number of carbonyl (C=O) groups is 1. The number of hydrogen-bond donors (Lipinski definition) is 2. The van der Waals surface area contributed by atoms with Gasteiger partial charge in [-0.2, -0.15) is 0 Å². The van der Waals surface area contributed by atoms with Gasteiger partial charge in [-0.05, 0) is 60.9 Å².